The lowest BCUT2D eigenvalue weighted by Gasteiger charge is -2.41. The van der Waals surface area contributed by atoms with Crippen LogP contribution in [0.15, 0.2) is 30.3 Å². The minimum absolute atomic E-state index is 0.129. The molecule has 0 aromatic heterocycles. The fourth-order valence-corrected chi connectivity index (χ4v) is 4.55. The van der Waals surface area contributed by atoms with E-state index in [0.717, 1.165) is 0 Å². The second-order valence-electron chi connectivity index (χ2n) is 8.84. The Morgan fingerprint density at radius 1 is 1.05 bits per heavy atom. The van der Waals surface area contributed by atoms with Crippen LogP contribution in [0.2, 0.25) is 0 Å². The summed E-state index contributed by atoms with van der Waals surface area (Å²) in [6.07, 6.45) is 1.24. The molecule has 0 nitrogen and oxygen atoms in total. The number of aryl methyl sites for hydroxylation is 1. The zero-order valence-electron chi connectivity index (χ0n) is 14.7. The van der Waals surface area contributed by atoms with Crippen molar-refractivity contribution >= 4 is 0 Å². The molecule has 2 aliphatic carbocycles. The van der Waals surface area contributed by atoms with Crippen LogP contribution in [0.5, 0.6) is 0 Å². The van der Waals surface area contributed by atoms with Crippen LogP contribution in [0, 0.1) is 12.3 Å². The van der Waals surface area contributed by atoms with Gasteiger partial charge in [-0.2, -0.15) is 0 Å². The van der Waals surface area contributed by atoms with Crippen molar-refractivity contribution in [1.82, 2.24) is 0 Å². The highest BCUT2D eigenvalue weighted by Gasteiger charge is 2.41. The number of hydrogen-bond acceptors (Lipinski definition) is 0. The van der Waals surface area contributed by atoms with Crippen molar-refractivity contribution < 1.29 is 0 Å². The van der Waals surface area contributed by atoms with Crippen molar-refractivity contribution in [3.8, 4) is 11.1 Å². The van der Waals surface area contributed by atoms with Crippen molar-refractivity contribution in [3.63, 3.8) is 0 Å². The fraction of sp³-hybridized carbons (Fsp3) is 0.455. The van der Waals surface area contributed by atoms with Crippen LogP contribution in [0.25, 0.3) is 11.1 Å². The molecule has 0 spiro atoms. The van der Waals surface area contributed by atoms with E-state index in [2.05, 4.69) is 71.9 Å². The number of fused-ring (bicyclic) bond motifs is 4. The van der Waals surface area contributed by atoms with Gasteiger partial charge < -0.3 is 0 Å². The van der Waals surface area contributed by atoms with E-state index in [1.54, 1.807) is 11.1 Å². The highest BCUT2D eigenvalue weighted by Crippen LogP contribution is 2.55. The molecule has 0 heteroatoms. The van der Waals surface area contributed by atoms with E-state index in [1.807, 2.05) is 0 Å². The molecule has 0 amide bonds. The summed E-state index contributed by atoms with van der Waals surface area (Å²) < 4.78 is 0. The largest absolute Gasteiger partial charge is 0.0617 e. The van der Waals surface area contributed by atoms with Crippen molar-refractivity contribution in [1.29, 1.82) is 0 Å². The predicted molar refractivity (Wildman–Crippen MR) is 94.6 cm³/mol. The summed E-state index contributed by atoms with van der Waals surface area (Å²) in [6, 6.07) is 11.8. The highest BCUT2D eigenvalue weighted by atomic mass is 14.4. The lowest BCUT2D eigenvalue weighted by Crippen LogP contribution is -2.30. The van der Waals surface area contributed by atoms with Gasteiger partial charge in [0.1, 0.15) is 0 Å². The Bertz CT molecular complexity index is 784. The van der Waals surface area contributed by atoms with E-state index in [1.165, 1.54) is 34.2 Å². The van der Waals surface area contributed by atoms with Crippen molar-refractivity contribution in [2.75, 3.05) is 0 Å². The molecule has 0 saturated heterocycles. The van der Waals surface area contributed by atoms with Gasteiger partial charge in [0.05, 0.1) is 0 Å². The van der Waals surface area contributed by atoms with Crippen LogP contribution in [0.1, 0.15) is 68.4 Å². The third-order valence-corrected chi connectivity index (χ3v) is 6.01. The van der Waals surface area contributed by atoms with E-state index >= 15 is 0 Å². The fourth-order valence-electron chi connectivity index (χ4n) is 4.55. The molecule has 0 fully saturated rings. The van der Waals surface area contributed by atoms with Gasteiger partial charge in [0.15, 0.2) is 0 Å². The van der Waals surface area contributed by atoms with Gasteiger partial charge in [-0.25, -0.2) is 0 Å². The molecule has 4 rings (SSSR count). The first-order valence-corrected chi connectivity index (χ1v) is 8.49. The smallest absolute Gasteiger partial charge is 0.0159 e. The maximum atomic E-state index is 2.53. The van der Waals surface area contributed by atoms with Gasteiger partial charge >= 0.3 is 0 Å². The summed E-state index contributed by atoms with van der Waals surface area (Å²) in [6.45, 7) is 14.1. The molecule has 2 aliphatic rings. The quantitative estimate of drug-likeness (QED) is 0.559. The molecule has 1 atom stereocenters. The SMILES string of the molecule is Cc1cccc2c1-c1cc3c(cc1C2(C)C)C(C(C)(C)C)C3. The summed E-state index contributed by atoms with van der Waals surface area (Å²) in [5.74, 6) is 0.716. The average Bonchev–Trinajstić information content (AvgIpc) is 2.59. The van der Waals surface area contributed by atoms with Crippen LogP contribution < -0.4 is 0 Å². The van der Waals surface area contributed by atoms with E-state index < -0.39 is 0 Å². The van der Waals surface area contributed by atoms with Gasteiger partial charge in [0.2, 0.25) is 0 Å². The highest BCUT2D eigenvalue weighted by molar-refractivity contribution is 5.84. The second kappa shape index (κ2) is 4.04. The molecular formula is C22H26. The van der Waals surface area contributed by atoms with Crippen molar-refractivity contribution in [2.45, 2.75) is 59.3 Å². The van der Waals surface area contributed by atoms with Gasteiger partial charge in [-0.1, -0.05) is 65.0 Å². The Labute approximate surface area is 134 Å². The van der Waals surface area contributed by atoms with Crippen molar-refractivity contribution in [2.24, 2.45) is 5.41 Å². The van der Waals surface area contributed by atoms with Gasteiger partial charge in [0.25, 0.3) is 0 Å². The lowest BCUT2D eigenvalue weighted by molar-refractivity contribution is 0.291. The molecule has 1 unspecified atom stereocenters. The topological polar surface area (TPSA) is 0 Å². The van der Waals surface area contributed by atoms with Crippen LogP contribution in [0.3, 0.4) is 0 Å². The van der Waals surface area contributed by atoms with E-state index in [-0.39, 0.29) is 5.41 Å². The van der Waals surface area contributed by atoms with E-state index in [0.29, 0.717) is 11.3 Å². The monoisotopic (exact) mass is 290 g/mol. The number of rotatable bonds is 0. The molecule has 22 heavy (non-hydrogen) atoms. The third-order valence-electron chi connectivity index (χ3n) is 6.01. The maximum absolute atomic E-state index is 2.53. The minimum Gasteiger partial charge on any atom is -0.0617 e. The van der Waals surface area contributed by atoms with E-state index in [9.17, 15) is 0 Å². The zero-order chi connectivity index (χ0) is 15.9. The van der Waals surface area contributed by atoms with Gasteiger partial charge in [0, 0.05) is 5.41 Å². The predicted octanol–water partition coefficient (Wildman–Crippen LogP) is 5.99. The summed E-state index contributed by atoms with van der Waals surface area (Å²) in [7, 11) is 0. The molecule has 0 aliphatic heterocycles. The lowest BCUT2D eigenvalue weighted by atomic mass is 9.63. The normalized spacial score (nSPS) is 20.9. The Kier molecular flexibility index (Phi) is 2.58. The number of hydrogen-bond donors (Lipinski definition) is 0. The van der Waals surface area contributed by atoms with Gasteiger partial charge in [-0.05, 0) is 63.6 Å². The molecule has 0 heterocycles. The second-order valence-corrected chi connectivity index (χ2v) is 8.84. The molecule has 0 saturated carbocycles. The molecule has 2 aromatic carbocycles. The molecule has 114 valence electrons. The average molecular weight is 290 g/mol. The Balaban J connectivity index is 1.95. The number of benzene rings is 2. The van der Waals surface area contributed by atoms with Crippen LogP contribution in [-0.4, -0.2) is 0 Å². The summed E-state index contributed by atoms with van der Waals surface area (Å²) in [5.41, 5.74) is 11.1. The van der Waals surface area contributed by atoms with Crippen LogP contribution in [-0.2, 0) is 11.8 Å². The van der Waals surface area contributed by atoms with Crippen LogP contribution in [0.4, 0.5) is 0 Å². The van der Waals surface area contributed by atoms with Gasteiger partial charge in [-0.3, -0.25) is 0 Å². The molecule has 2 aromatic rings. The summed E-state index contributed by atoms with van der Waals surface area (Å²) >= 11 is 0. The van der Waals surface area contributed by atoms with Crippen molar-refractivity contribution in [3.05, 3.63) is 58.1 Å². The third kappa shape index (κ3) is 1.64. The molecule has 0 radical (unpaired) electrons. The minimum atomic E-state index is 0.129. The molecule has 0 bridgehead atoms. The standard InChI is InChI=1S/C22H26/c1-13-8-7-9-17-20(13)16-10-14-11-18(21(2,3)4)15(14)12-19(16)22(17,5)6/h7-10,12,18H,11H2,1-6H3. The Morgan fingerprint density at radius 3 is 2.45 bits per heavy atom. The van der Waals surface area contributed by atoms with E-state index in [4.69, 9.17) is 0 Å². The molecular weight excluding hydrogens is 264 g/mol. The first-order chi connectivity index (χ1) is 10.2. The maximum Gasteiger partial charge on any atom is 0.0159 e. The van der Waals surface area contributed by atoms with Crippen LogP contribution >= 0.6 is 0 Å². The Hall–Kier alpha value is -1.56. The Morgan fingerprint density at radius 2 is 1.77 bits per heavy atom. The first kappa shape index (κ1) is 14.1. The zero-order valence-corrected chi connectivity index (χ0v) is 14.7. The molecule has 0 N–H and O–H groups in total. The first-order valence-electron chi connectivity index (χ1n) is 8.49. The van der Waals surface area contributed by atoms with Gasteiger partial charge in [-0.15, -0.1) is 0 Å². The summed E-state index contributed by atoms with van der Waals surface area (Å²) in [4.78, 5) is 0. The summed E-state index contributed by atoms with van der Waals surface area (Å²) in [5, 5.41) is 0.